The first-order valence-electron chi connectivity index (χ1n) is 5.61. The first-order chi connectivity index (χ1) is 8.63. The van der Waals surface area contributed by atoms with Crippen LogP contribution in [0.25, 0.3) is 11.5 Å². The van der Waals surface area contributed by atoms with Gasteiger partial charge in [-0.3, -0.25) is 0 Å². The van der Waals surface area contributed by atoms with E-state index in [-0.39, 0.29) is 11.9 Å². The van der Waals surface area contributed by atoms with Crippen molar-refractivity contribution in [3.05, 3.63) is 34.4 Å². The van der Waals surface area contributed by atoms with Gasteiger partial charge in [0.1, 0.15) is 5.82 Å². The van der Waals surface area contributed by atoms with Crippen LogP contribution in [0.15, 0.2) is 27.1 Å². The zero-order chi connectivity index (χ0) is 13.1. The van der Waals surface area contributed by atoms with E-state index in [0.717, 1.165) is 6.42 Å². The van der Waals surface area contributed by atoms with Crippen molar-refractivity contribution in [2.45, 2.75) is 19.4 Å². The topological polar surface area (TPSA) is 51.0 Å². The van der Waals surface area contributed by atoms with Gasteiger partial charge in [0, 0.05) is 10.0 Å². The Bertz CT molecular complexity index is 520. The lowest BCUT2D eigenvalue weighted by Crippen LogP contribution is -2.15. The molecule has 0 saturated carbocycles. The third-order valence-corrected chi connectivity index (χ3v) is 3.06. The summed E-state index contributed by atoms with van der Waals surface area (Å²) in [5, 5.41) is 11.0. The second-order valence-corrected chi connectivity index (χ2v) is 4.77. The molecule has 0 amide bonds. The summed E-state index contributed by atoms with van der Waals surface area (Å²) in [6.45, 7) is 2.02. The van der Waals surface area contributed by atoms with Crippen LogP contribution >= 0.6 is 15.9 Å². The Balaban J connectivity index is 2.34. The number of hydrogen-bond acceptors (Lipinski definition) is 4. The molecule has 1 aromatic heterocycles. The average molecular weight is 314 g/mol. The predicted molar refractivity (Wildman–Crippen MR) is 69.5 cm³/mol. The number of hydrogen-bond donors (Lipinski definition) is 1. The maximum Gasteiger partial charge on any atom is 0.247 e. The Hall–Kier alpha value is -1.27. The quantitative estimate of drug-likeness (QED) is 0.941. The molecule has 0 saturated heterocycles. The molecular formula is C12H13BrFN3O. The van der Waals surface area contributed by atoms with Gasteiger partial charge in [0.05, 0.1) is 6.04 Å². The van der Waals surface area contributed by atoms with Crippen LogP contribution in [0, 0.1) is 5.82 Å². The molecule has 1 heterocycles. The maximum absolute atomic E-state index is 13.3. The predicted octanol–water partition coefficient (Wildman–Crippen LogP) is 3.31. The number of rotatable bonds is 4. The van der Waals surface area contributed by atoms with E-state index >= 15 is 0 Å². The molecule has 96 valence electrons. The highest BCUT2D eigenvalue weighted by molar-refractivity contribution is 9.10. The molecule has 1 atom stereocenters. The van der Waals surface area contributed by atoms with Crippen molar-refractivity contribution in [1.82, 2.24) is 15.5 Å². The largest absolute Gasteiger partial charge is 0.419 e. The molecular weight excluding hydrogens is 301 g/mol. The highest BCUT2D eigenvalue weighted by Crippen LogP contribution is 2.25. The molecule has 1 N–H and O–H groups in total. The first kappa shape index (κ1) is 13.2. The van der Waals surface area contributed by atoms with Crippen LogP contribution in [0.3, 0.4) is 0 Å². The zero-order valence-corrected chi connectivity index (χ0v) is 11.7. The number of halogens is 2. The molecule has 0 bridgehead atoms. The highest BCUT2D eigenvalue weighted by Gasteiger charge is 2.16. The Morgan fingerprint density at radius 3 is 2.78 bits per heavy atom. The monoisotopic (exact) mass is 313 g/mol. The molecule has 6 heteroatoms. The highest BCUT2D eigenvalue weighted by atomic mass is 79.9. The van der Waals surface area contributed by atoms with Crippen molar-refractivity contribution in [2.24, 2.45) is 0 Å². The van der Waals surface area contributed by atoms with E-state index in [0.29, 0.717) is 21.8 Å². The van der Waals surface area contributed by atoms with E-state index in [4.69, 9.17) is 4.42 Å². The molecule has 0 aliphatic rings. The van der Waals surface area contributed by atoms with Crippen molar-refractivity contribution >= 4 is 15.9 Å². The summed E-state index contributed by atoms with van der Waals surface area (Å²) in [5.41, 5.74) is 0.562. The van der Waals surface area contributed by atoms with Crippen molar-refractivity contribution in [1.29, 1.82) is 0 Å². The normalized spacial score (nSPS) is 12.7. The van der Waals surface area contributed by atoms with E-state index in [1.165, 1.54) is 12.1 Å². The van der Waals surface area contributed by atoms with Crippen molar-refractivity contribution in [3.63, 3.8) is 0 Å². The molecule has 0 aliphatic carbocycles. The molecule has 0 spiro atoms. The summed E-state index contributed by atoms with van der Waals surface area (Å²) >= 11 is 3.23. The molecule has 0 fully saturated rings. The summed E-state index contributed by atoms with van der Waals surface area (Å²) < 4.78 is 19.5. The van der Waals surface area contributed by atoms with E-state index in [1.54, 1.807) is 6.07 Å². The van der Waals surface area contributed by atoms with Crippen LogP contribution in [-0.4, -0.2) is 17.2 Å². The molecule has 18 heavy (non-hydrogen) atoms. The minimum absolute atomic E-state index is 0.0169. The van der Waals surface area contributed by atoms with E-state index in [2.05, 4.69) is 31.4 Å². The summed E-state index contributed by atoms with van der Waals surface area (Å²) in [6, 6.07) is 4.50. The Labute approximate surface area is 113 Å². The fourth-order valence-corrected chi connectivity index (χ4v) is 2.14. The van der Waals surface area contributed by atoms with Crippen molar-refractivity contribution < 1.29 is 8.81 Å². The van der Waals surface area contributed by atoms with Crippen LogP contribution in [0.1, 0.15) is 25.3 Å². The van der Waals surface area contributed by atoms with Gasteiger partial charge in [0.15, 0.2) is 0 Å². The summed E-state index contributed by atoms with van der Waals surface area (Å²) in [4.78, 5) is 0. The summed E-state index contributed by atoms with van der Waals surface area (Å²) in [5.74, 6) is 0.481. The lowest BCUT2D eigenvalue weighted by atomic mass is 10.2. The minimum Gasteiger partial charge on any atom is -0.419 e. The van der Waals surface area contributed by atoms with Gasteiger partial charge in [0.2, 0.25) is 11.8 Å². The minimum atomic E-state index is -0.347. The number of benzene rings is 1. The number of nitrogens with zero attached hydrogens (tertiary/aromatic N) is 2. The number of aromatic nitrogens is 2. The van der Waals surface area contributed by atoms with Crippen LogP contribution in [0.2, 0.25) is 0 Å². The van der Waals surface area contributed by atoms with Crippen LogP contribution < -0.4 is 5.32 Å². The van der Waals surface area contributed by atoms with Gasteiger partial charge in [0.25, 0.3) is 0 Å². The zero-order valence-electron chi connectivity index (χ0n) is 10.1. The lowest BCUT2D eigenvalue weighted by Gasteiger charge is -2.07. The molecule has 0 radical (unpaired) electrons. The van der Waals surface area contributed by atoms with Gasteiger partial charge in [-0.2, -0.15) is 0 Å². The number of nitrogens with one attached hydrogen (secondary N) is 1. The van der Waals surface area contributed by atoms with Gasteiger partial charge in [-0.1, -0.05) is 22.9 Å². The van der Waals surface area contributed by atoms with Gasteiger partial charge in [-0.05, 0) is 31.7 Å². The molecule has 1 unspecified atom stereocenters. The molecule has 1 aromatic carbocycles. The second kappa shape index (κ2) is 5.58. The molecule has 0 aliphatic heterocycles. The Morgan fingerprint density at radius 1 is 1.39 bits per heavy atom. The van der Waals surface area contributed by atoms with Crippen LogP contribution in [0.4, 0.5) is 4.39 Å². The second-order valence-electron chi connectivity index (χ2n) is 3.85. The van der Waals surface area contributed by atoms with Crippen LogP contribution in [-0.2, 0) is 0 Å². The van der Waals surface area contributed by atoms with Gasteiger partial charge in [-0.15, -0.1) is 10.2 Å². The fraction of sp³-hybridized carbons (Fsp3) is 0.333. The van der Waals surface area contributed by atoms with Gasteiger partial charge < -0.3 is 9.73 Å². The molecule has 2 aromatic rings. The average Bonchev–Trinajstić information content (AvgIpc) is 2.79. The third kappa shape index (κ3) is 2.76. The smallest absolute Gasteiger partial charge is 0.247 e. The first-order valence-corrected chi connectivity index (χ1v) is 6.40. The SMILES string of the molecule is CCC(NC)c1nnc(-c2cc(F)cc(Br)c2)o1. The standard InChI is InChI=1S/C12H13BrFN3O/c1-3-10(15-2)12-17-16-11(18-12)7-4-8(13)6-9(14)5-7/h4-6,10,15H,3H2,1-2H3. The molecule has 2 rings (SSSR count). The Kier molecular flexibility index (Phi) is 4.08. The van der Waals surface area contributed by atoms with E-state index in [9.17, 15) is 4.39 Å². The van der Waals surface area contributed by atoms with Crippen molar-refractivity contribution in [2.75, 3.05) is 7.05 Å². The van der Waals surface area contributed by atoms with Crippen LogP contribution in [0.5, 0.6) is 0 Å². The lowest BCUT2D eigenvalue weighted by molar-refractivity contribution is 0.415. The fourth-order valence-electron chi connectivity index (χ4n) is 1.67. The maximum atomic E-state index is 13.3. The van der Waals surface area contributed by atoms with E-state index in [1.807, 2.05) is 14.0 Å². The summed E-state index contributed by atoms with van der Waals surface area (Å²) in [7, 11) is 1.83. The summed E-state index contributed by atoms with van der Waals surface area (Å²) in [6.07, 6.45) is 0.838. The Morgan fingerprint density at radius 2 is 2.17 bits per heavy atom. The van der Waals surface area contributed by atoms with Gasteiger partial charge >= 0.3 is 0 Å². The van der Waals surface area contributed by atoms with Gasteiger partial charge in [-0.25, -0.2) is 4.39 Å². The third-order valence-electron chi connectivity index (χ3n) is 2.60. The van der Waals surface area contributed by atoms with Crippen molar-refractivity contribution in [3.8, 4) is 11.5 Å². The van der Waals surface area contributed by atoms with E-state index < -0.39 is 0 Å². The molecule has 4 nitrogen and oxygen atoms in total.